The summed E-state index contributed by atoms with van der Waals surface area (Å²) in [7, 11) is 0. The molecule has 202 valence electrons. The van der Waals surface area contributed by atoms with E-state index in [9.17, 15) is 19.5 Å². The van der Waals surface area contributed by atoms with Crippen LogP contribution in [0.1, 0.15) is 52.3 Å². The normalized spacial score (nSPS) is 16.4. The number of Topliss-reactive ketones (excluding diaryl/α,β-unsaturated/α-hetero) is 1. The number of unbranched alkanes of at least 4 members (excludes halogenated alkanes) is 1. The predicted octanol–water partition coefficient (Wildman–Crippen LogP) is 6.36. The third kappa shape index (κ3) is 5.97. The zero-order valence-corrected chi connectivity index (χ0v) is 23.9. The molecule has 1 aliphatic rings. The first-order chi connectivity index (χ1) is 18.8. The van der Waals surface area contributed by atoms with Crippen LogP contribution in [0.3, 0.4) is 0 Å². The van der Waals surface area contributed by atoms with Crippen molar-refractivity contribution < 1.29 is 29.0 Å². The maximum atomic E-state index is 13.4. The van der Waals surface area contributed by atoms with Gasteiger partial charge in [-0.05, 0) is 55.3 Å². The van der Waals surface area contributed by atoms with E-state index in [0.29, 0.717) is 29.2 Å². The number of ketones is 1. The second-order valence-electron chi connectivity index (χ2n) is 8.75. The van der Waals surface area contributed by atoms with Crippen molar-refractivity contribution in [2.45, 2.75) is 32.7 Å². The van der Waals surface area contributed by atoms with E-state index in [1.165, 1.54) is 11.0 Å². The van der Waals surface area contributed by atoms with Crippen LogP contribution in [0.4, 0.5) is 5.13 Å². The predicted molar refractivity (Wildman–Crippen MR) is 153 cm³/mol. The fourth-order valence-corrected chi connectivity index (χ4v) is 5.32. The van der Waals surface area contributed by atoms with Crippen LogP contribution in [-0.2, 0) is 14.3 Å². The fourth-order valence-electron chi connectivity index (χ4n) is 4.06. The minimum Gasteiger partial charge on any atom is -0.507 e. The number of aliphatic hydroxyl groups is 1. The summed E-state index contributed by atoms with van der Waals surface area (Å²) in [5.74, 6) is -1.99. The molecule has 39 heavy (non-hydrogen) atoms. The zero-order valence-electron chi connectivity index (χ0n) is 21.5. The second kappa shape index (κ2) is 12.4. The molecule has 1 fully saturated rings. The first-order valence-electron chi connectivity index (χ1n) is 12.3. The summed E-state index contributed by atoms with van der Waals surface area (Å²) in [6, 6.07) is 12.8. The Morgan fingerprint density at radius 3 is 2.51 bits per heavy atom. The van der Waals surface area contributed by atoms with Crippen molar-refractivity contribution in [2.24, 2.45) is 0 Å². The molecular weight excluding hydrogens is 584 g/mol. The lowest BCUT2D eigenvalue weighted by Crippen LogP contribution is -2.29. The molecule has 10 heteroatoms. The van der Waals surface area contributed by atoms with Crippen molar-refractivity contribution in [3.8, 4) is 5.75 Å². The Bertz CT molecular complexity index is 1430. The summed E-state index contributed by atoms with van der Waals surface area (Å²) in [5.41, 5.74) is 1.23. The van der Waals surface area contributed by atoms with Crippen LogP contribution >= 0.6 is 27.3 Å². The van der Waals surface area contributed by atoms with Gasteiger partial charge in [-0.15, -0.1) is 0 Å². The summed E-state index contributed by atoms with van der Waals surface area (Å²) in [5, 5.41) is 11.5. The SMILES string of the molecule is C=CCOC(=O)c1sc(N2C(=O)C(=O)C(=C(O)c3ccc(OCCCC)cc3)[C@@H]2c2ccc(Br)cc2)nc1C. The van der Waals surface area contributed by atoms with E-state index in [0.717, 1.165) is 28.7 Å². The lowest BCUT2D eigenvalue weighted by atomic mass is 9.95. The number of halogens is 1. The highest BCUT2D eigenvalue weighted by Crippen LogP contribution is 2.44. The minimum absolute atomic E-state index is 0.0251. The van der Waals surface area contributed by atoms with Gasteiger partial charge in [0.15, 0.2) is 5.13 Å². The van der Waals surface area contributed by atoms with Gasteiger partial charge in [-0.3, -0.25) is 14.5 Å². The summed E-state index contributed by atoms with van der Waals surface area (Å²) < 4.78 is 11.6. The van der Waals surface area contributed by atoms with Crippen molar-refractivity contribution in [3.63, 3.8) is 0 Å². The average Bonchev–Trinajstić information content (AvgIpc) is 3.44. The van der Waals surface area contributed by atoms with Crippen LogP contribution < -0.4 is 9.64 Å². The van der Waals surface area contributed by atoms with Crippen molar-refractivity contribution in [1.82, 2.24) is 4.98 Å². The van der Waals surface area contributed by atoms with Crippen LogP contribution in [0, 0.1) is 6.92 Å². The largest absolute Gasteiger partial charge is 0.507 e. The maximum Gasteiger partial charge on any atom is 0.350 e. The molecule has 0 spiro atoms. The van der Waals surface area contributed by atoms with Crippen molar-refractivity contribution in [2.75, 3.05) is 18.1 Å². The third-order valence-corrected chi connectivity index (χ3v) is 7.70. The number of carbonyl (C=O) groups is 3. The van der Waals surface area contributed by atoms with Gasteiger partial charge in [0.25, 0.3) is 5.78 Å². The van der Waals surface area contributed by atoms with Gasteiger partial charge in [-0.2, -0.15) is 0 Å². The second-order valence-corrected chi connectivity index (χ2v) is 10.6. The van der Waals surface area contributed by atoms with Gasteiger partial charge in [-0.25, -0.2) is 9.78 Å². The van der Waals surface area contributed by atoms with Gasteiger partial charge in [0.05, 0.1) is 23.9 Å². The van der Waals surface area contributed by atoms with E-state index in [-0.39, 0.29) is 27.9 Å². The van der Waals surface area contributed by atoms with Crippen LogP contribution in [0.2, 0.25) is 0 Å². The molecule has 1 aromatic heterocycles. The number of rotatable bonds is 10. The number of amides is 1. The summed E-state index contributed by atoms with van der Waals surface area (Å²) in [6.07, 6.45) is 3.37. The van der Waals surface area contributed by atoms with E-state index in [1.807, 2.05) is 0 Å². The van der Waals surface area contributed by atoms with Crippen LogP contribution in [0.5, 0.6) is 5.75 Å². The van der Waals surface area contributed by atoms with Crippen molar-refractivity contribution >= 4 is 55.8 Å². The van der Waals surface area contributed by atoms with E-state index >= 15 is 0 Å². The number of aromatic nitrogens is 1. The number of benzene rings is 2. The molecule has 0 saturated carbocycles. The van der Waals surface area contributed by atoms with Crippen LogP contribution in [0.25, 0.3) is 5.76 Å². The highest BCUT2D eigenvalue weighted by atomic mass is 79.9. The Morgan fingerprint density at radius 1 is 1.18 bits per heavy atom. The quantitative estimate of drug-likeness (QED) is 0.0710. The highest BCUT2D eigenvalue weighted by Gasteiger charge is 2.48. The lowest BCUT2D eigenvalue weighted by Gasteiger charge is -2.23. The number of ether oxygens (including phenoxy) is 2. The fraction of sp³-hybridized carbons (Fsp3) is 0.241. The van der Waals surface area contributed by atoms with E-state index in [1.54, 1.807) is 55.5 Å². The monoisotopic (exact) mass is 610 g/mol. The minimum atomic E-state index is -0.971. The molecule has 1 saturated heterocycles. The van der Waals surface area contributed by atoms with E-state index in [4.69, 9.17) is 9.47 Å². The van der Waals surface area contributed by atoms with Crippen molar-refractivity contribution in [1.29, 1.82) is 0 Å². The first-order valence-corrected chi connectivity index (χ1v) is 13.9. The summed E-state index contributed by atoms with van der Waals surface area (Å²) >= 11 is 4.35. The molecular formula is C29H27BrN2O6S. The molecule has 0 radical (unpaired) electrons. The topological polar surface area (TPSA) is 106 Å². The van der Waals surface area contributed by atoms with E-state index < -0.39 is 23.7 Å². The Hall–Kier alpha value is -3.76. The number of anilines is 1. The molecule has 0 unspecified atom stereocenters. The molecule has 2 aromatic carbocycles. The van der Waals surface area contributed by atoms with Crippen molar-refractivity contribution in [3.05, 3.63) is 92.9 Å². The number of carbonyl (C=O) groups excluding carboxylic acids is 3. The van der Waals surface area contributed by atoms with Gasteiger partial charge in [0.1, 0.15) is 23.0 Å². The molecule has 1 atom stereocenters. The zero-order chi connectivity index (χ0) is 28.1. The number of hydrogen-bond donors (Lipinski definition) is 1. The molecule has 4 rings (SSSR count). The van der Waals surface area contributed by atoms with Crippen LogP contribution in [0.15, 0.2) is 71.2 Å². The number of aryl methyl sites for hydroxylation is 1. The Kier molecular flexibility index (Phi) is 8.98. The average molecular weight is 612 g/mol. The molecule has 1 N–H and O–H groups in total. The van der Waals surface area contributed by atoms with E-state index in [2.05, 4.69) is 34.4 Å². The molecule has 3 aromatic rings. The smallest absolute Gasteiger partial charge is 0.350 e. The molecule has 2 heterocycles. The maximum absolute atomic E-state index is 13.4. The number of thiazole rings is 1. The first kappa shape index (κ1) is 28.3. The van der Waals surface area contributed by atoms with Gasteiger partial charge >= 0.3 is 11.9 Å². The molecule has 0 aliphatic carbocycles. The molecule has 8 nitrogen and oxygen atoms in total. The molecule has 0 bridgehead atoms. The molecule has 1 amide bonds. The summed E-state index contributed by atoms with van der Waals surface area (Å²) in [6.45, 7) is 7.84. The summed E-state index contributed by atoms with van der Waals surface area (Å²) in [4.78, 5) is 45.2. The Morgan fingerprint density at radius 2 is 1.87 bits per heavy atom. The third-order valence-electron chi connectivity index (χ3n) is 6.03. The highest BCUT2D eigenvalue weighted by molar-refractivity contribution is 9.10. The van der Waals surface area contributed by atoms with Gasteiger partial charge < -0.3 is 14.6 Å². The van der Waals surface area contributed by atoms with Crippen LogP contribution in [-0.4, -0.2) is 41.0 Å². The number of aliphatic hydroxyl groups excluding tert-OH is 1. The van der Waals surface area contributed by atoms with Gasteiger partial charge in [-0.1, -0.05) is 65.4 Å². The number of nitrogens with zero attached hydrogens (tertiary/aromatic N) is 2. The lowest BCUT2D eigenvalue weighted by molar-refractivity contribution is -0.132. The Labute approximate surface area is 238 Å². The van der Waals surface area contributed by atoms with Gasteiger partial charge in [0.2, 0.25) is 0 Å². The molecule has 1 aliphatic heterocycles. The number of esters is 1. The Balaban J connectivity index is 1.79. The number of hydrogen-bond acceptors (Lipinski definition) is 8. The standard InChI is InChI=1S/C29H27BrN2O6S/c1-4-6-16-37-21-13-9-19(10-14-21)24(33)22-23(18-7-11-20(30)12-8-18)32(27(35)25(22)34)29-31-17(3)26(39-29)28(36)38-15-5-2/h5,7-14,23,33H,2,4,6,15-16H2,1,3H3/t23-/m0/s1. The van der Waals surface area contributed by atoms with Gasteiger partial charge in [0, 0.05) is 10.0 Å².